The van der Waals surface area contributed by atoms with E-state index in [0.29, 0.717) is 30.3 Å². The third-order valence-electron chi connectivity index (χ3n) is 4.72. The molecule has 7 nitrogen and oxygen atoms in total. The van der Waals surface area contributed by atoms with Crippen molar-refractivity contribution in [3.05, 3.63) is 76.5 Å². The smallest absolute Gasteiger partial charge is 0.345 e. The van der Waals surface area contributed by atoms with Gasteiger partial charge in [0.2, 0.25) is 5.78 Å². The number of alkyl halides is 3. The van der Waals surface area contributed by atoms with Crippen molar-refractivity contribution >= 4 is 50.8 Å². The molecular formula is C21H14ClF5N4O3S. The van der Waals surface area contributed by atoms with Gasteiger partial charge in [-0.05, 0) is 43.1 Å². The number of hydrogen-bond acceptors (Lipinski definition) is 5. The number of nitrogens with one attached hydrogen (secondary N) is 2. The molecule has 0 spiro atoms. The maximum absolute atomic E-state index is 15.2. The van der Waals surface area contributed by atoms with E-state index >= 15 is 4.39 Å². The van der Waals surface area contributed by atoms with E-state index in [-0.39, 0.29) is 22.1 Å². The number of aromatic amines is 1. The number of carbonyl (C=O) groups excluding carboxylic acids is 1. The number of carbonyl (C=O) groups is 1. The van der Waals surface area contributed by atoms with Gasteiger partial charge >= 0.3 is 6.18 Å². The highest BCUT2D eigenvalue weighted by molar-refractivity contribution is 7.92. The second-order valence-corrected chi connectivity index (χ2v) is 8.88. The largest absolute Gasteiger partial charge is 0.416 e. The number of aromatic nitrogens is 1. The Labute approximate surface area is 200 Å². The molecule has 0 aliphatic heterocycles. The van der Waals surface area contributed by atoms with Crippen molar-refractivity contribution < 1.29 is 35.2 Å². The van der Waals surface area contributed by atoms with Gasteiger partial charge in [-0.15, -0.1) is 0 Å². The summed E-state index contributed by atoms with van der Waals surface area (Å²) in [5.74, 6) is -4.08. The second kappa shape index (κ2) is 9.58. The van der Waals surface area contributed by atoms with Gasteiger partial charge in [0.1, 0.15) is 16.8 Å². The first-order valence-electron chi connectivity index (χ1n) is 9.35. The molecule has 1 heterocycles. The maximum Gasteiger partial charge on any atom is 0.416 e. The molecule has 14 heteroatoms. The minimum absolute atomic E-state index is 0.00364. The number of halogens is 6. The highest BCUT2D eigenvalue weighted by Gasteiger charge is 2.31. The number of hydrogen-bond donors (Lipinski definition) is 2. The summed E-state index contributed by atoms with van der Waals surface area (Å²) in [6.45, 7) is 3.30. The van der Waals surface area contributed by atoms with E-state index in [2.05, 4.69) is 21.7 Å². The van der Waals surface area contributed by atoms with Crippen LogP contribution < -0.4 is 4.72 Å². The van der Waals surface area contributed by atoms with E-state index in [1.807, 2.05) is 4.72 Å². The van der Waals surface area contributed by atoms with E-state index in [9.17, 15) is 30.8 Å². The molecule has 0 unspecified atom stereocenters. The molecule has 0 amide bonds. The molecule has 0 bridgehead atoms. The van der Waals surface area contributed by atoms with Crippen LogP contribution in [0.5, 0.6) is 0 Å². The highest BCUT2D eigenvalue weighted by atomic mass is 35.5. The molecule has 3 rings (SSSR count). The molecule has 35 heavy (non-hydrogen) atoms. The van der Waals surface area contributed by atoms with E-state index in [0.717, 1.165) is 12.3 Å². The lowest BCUT2D eigenvalue weighted by Gasteiger charge is -2.13. The average molecular weight is 533 g/mol. The number of H-pyrrole nitrogens is 1. The zero-order valence-electron chi connectivity index (χ0n) is 17.5. The lowest BCUT2D eigenvalue weighted by atomic mass is 10.0. The number of nitrogens with zero attached hydrogens (tertiary/aromatic N) is 2. The van der Waals surface area contributed by atoms with Crippen molar-refractivity contribution in [1.29, 1.82) is 0 Å². The Kier molecular flexibility index (Phi) is 7.13. The number of anilines is 1. The summed E-state index contributed by atoms with van der Waals surface area (Å²) < 4.78 is 94.9. The summed E-state index contributed by atoms with van der Waals surface area (Å²) in [6, 6.07) is 3.76. The highest BCUT2D eigenvalue weighted by Crippen LogP contribution is 2.32. The molecule has 0 aliphatic rings. The van der Waals surface area contributed by atoms with Crippen LogP contribution in [-0.4, -0.2) is 38.1 Å². The van der Waals surface area contributed by atoms with Gasteiger partial charge in [0.05, 0.1) is 32.8 Å². The van der Waals surface area contributed by atoms with Crippen LogP contribution in [0.3, 0.4) is 0 Å². The molecule has 0 radical (unpaired) electrons. The van der Waals surface area contributed by atoms with Gasteiger partial charge in [-0.1, -0.05) is 11.6 Å². The lowest BCUT2D eigenvalue weighted by Crippen LogP contribution is -2.17. The van der Waals surface area contributed by atoms with Crippen LogP contribution in [0.15, 0.2) is 57.5 Å². The third-order valence-corrected chi connectivity index (χ3v) is 6.46. The second-order valence-electron chi connectivity index (χ2n) is 6.84. The van der Waals surface area contributed by atoms with Crippen molar-refractivity contribution in [2.45, 2.75) is 11.1 Å². The molecule has 3 aromatic rings. The van der Waals surface area contributed by atoms with Crippen molar-refractivity contribution in [3.63, 3.8) is 0 Å². The molecule has 0 atom stereocenters. The number of rotatable bonds is 7. The molecule has 1 aromatic heterocycles. The van der Waals surface area contributed by atoms with Crippen LogP contribution in [0.2, 0.25) is 0 Å². The maximum atomic E-state index is 15.2. The van der Waals surface area contributed by atoms with Gasteiger partial charge in [0, 0.05) is 13.2 Å². The predicted octanol–water partition coefficient (Wildman–Crippen LogP) is 5.29. The van der Waals surface area contributed by atoms with E-state index in [4.69, 9.17) is 11.6 Å². The first-order valence-corrected chi connectivity index (χ1v) is 11.2. The Morgan fingerprint density at radius 1 is 1.09 bits per heavy atom. The van der Waals surface area contributed by atoms with Crippen LogP contribution >= 0.6 is 11.6 Å². The van der Waals surface area contributed by atoms with Gasteiger partial charge < -0.3 is 4.98 Å². The third kappa shape index (κ3) is 5.10. The quantitative estimate of drug-likeness (QED) is 0.245. The van der Waals surface area contributed by atoms with Crippen molar-refractivity contribution in [2.75, 3.05) is 11.8 Å². The van der Waals surface area contributed by atoms with E-state index in [1.54, 1.807) is 0 Å². The summed E-state index contributed by atoms with van der Waals surface area (Å²) in [4.78, 5) is 22.3. The molecule has 2 aromatic carbocycles. The van der Waals surface area contributed by atoms with Gasteiger partial charge in [0.25, 0.3) is 10.0 Å². The zero-order valence-corrected chi connectivity index (χ0v) is 19.1. The standard InChI is InChI=1S/C21H14ClF5N4O3S/c1-28-19(22)15-12(9-30-20(15)29-2)18(32)16-13(23)7-8-14(17(16)24)31-35(33,34)11-5-3-10(4-6-11)21(25,26)27/h3-9,30-31H,2H2,1H3. The van der Waals surface area contributed by atoms with E-state index in [1.165, 1.54) is 7.05 Å². The predicted molar refractivity (Wildman–Crippen MR) is 120 cm³/mol. The Morgan fingerprint density at radius 2 is 1.71 bits per heavy atom. The zero-order chi connectivity index (χ0) is 26.1. The van der Waals surface area contributed by atoms with Crippen LogP contribution in [0.4, 0.5) is 33.5 Å². The molecular weight excluding hydrogens is 519 g/mol. The number of aliphatic imine (C=N–C) groups is 2. The fraction of sp³-hybridized carbons (Fsp3) is 0.0952. The SMILES string of the molecule is C=Nc1[nH]cc(C(=O)c2c(F)ccc(NS(=O)(=O)c3ccc(C(F)(F)F)cc3)c2F)c1C(Cl)=NC. The molecule has 0 fully saturated rings. The van der Waals surface area contributed by atoms with Crippen molar-refractivity contribution in [2.24, 2.45) is 9.98 Å². The minimum atomic E-state index is -4.70. The molecule has 0 saturated heterocycles. The van der Waals surface area contributed by atoms with Crippen molar-refractivity contribution in [3.8, 4) is 0 Å². The number of ketones is 1. The lowest BCUT2D eigenvalue weighted by molar-refractivity contribution is -0.137. The van der Waals surface area contributed by atoms with Gasteiger partial charge in [-0.2, -0.15) is 13.2 Å². The molecule has 0 saturated carbocycles. The summed E-state index contributed by atoms with van der Waals surface area (Å²) in [6.07, 6.45) is -3.62. The first kappa shape index (κ1) is 26.0. The van der Waals surface area contributed by atoms with Crippen LogP contribution in [0, 0.1) is 11.6 Å². The minimum Gasteiger partial charge on any atom is -0.345 e. The average Bonchev–Trinajstić information content (AvgIpc) is 3.24. The van der Waals surface area contributed by atoms with Crippen molar-refractivity contribution in [1.82, 2.24) is 4.98 Å². The molecule has 0 aliphatic carbocycles. The normalized spacial score (nSPS) is 12.5. The summed E-state index contributed by atoms with van der Waals surface area (Å²) in [7, 11) is -3.30. The summed E-state index contributed by atoms with van der Waals surface area (Å²) in [5.41, 5.74) is -3.42. The Balaban J connectivity index is 2.04. The van der Waals surface area contributed by atoms with Gasteiger partial charge in [-0.25, -0.2) is 22.2 Å². The summed E-state index contributed by atoms with van der Waals surface area (Å²) in [5, 5.41) is -0.211. The Morgan fingerprint density at radius 3 is 2.26 bits per heavy atom. The summed E-state index contributed by atoms with van der Waals surface area (Å²) >= 11 is 6.00. The van der Waals surface area contributed by atoms with Gasteiger partial charge in [0.15, 0.2) is 5.82 Å². The van der Waals surface area contributed by atoms with E-state index < -0.39 is 55.3 Å². The fourth-order valence-electron chi connectivity index (χ4n) is 3.04. The van der Waals surface area contributed by atoms with Crippen LogP contribution in [0.25, 0.3) is 0 Å². The Hall–Kier alpha value is -3.58. The fourth-order valence-corrected chi connectivity index (χ4v) is 4.29. The number of benzene rings is 2. The molecule has 2 N–H and O–H groups in total. The van der Waals surface area contributed by atoms with Crippen LogP contribution in [-0.2, 0) is 16.2 Å². The first-order chi connectivity index (χ1) is 16.3. The number of sulfonamides is 1. The monoisotopic (exact) mass is 532 g/mol. The van der Waals surface area contributed by atoms with Crippen LogP contribution in [0.1, 0.15) is 27.0 Å². The molecule has 184 valence electrons. The topological polar surface area (TPSA) is 104 Å². The van der Waals surface area contributed by atoms with Gasteiger partial charge in [-0.3, -0.25) is 14.5 Å². The Bertz CT molecular complexity index is 1450.